The Labute approximate surface area is 115 Å². The zero-order valence-electron chi connectivity index (χ0n) is 11.6. The molecule has 4 nitrogen and oxygen atoms in total. The molecular weight excluding hydrogens is 238 g/mol. The summed E-state index contributed by atoms with van der Waals surface area (Å²) in [4.78, 5) is 2.38. The van der Waals surface area contributed by atoms with Crippen LogP contribution >= 0.6 is 0 Å². The first-order chi connectivity index (χ1) is 9.31. The molecule has 2 aliphatic heterocycles. The van der Waals surface area contributed by atoms with Gasteiger partial charge in [-0.05, 0) is 43.7 Å². The minimum Gasteiger partial charge on any atom is -0.493 e. The van der Waals surface area contributed by atoms with E-state index in [4.69, 9.17) is 4.74 Å². The van der Waals surface area contributed by atoms with E-state index in [0.717, 1.165) is 51.4 Å². The maximum atomic E-state index is 5.64. The SMILES string of the molecule is CN1CCNC(CNc2ccc3c(c2)CCCO3)C1. The molecule has 0 amide bonds. The Kier molecular flexibility index (Phi) is 3.89. The van der Waals surface area contributed by atoms with Crippen LogP contribution in [-0.4, -0.2) is 50.8 Å². The number of ether oxygens (including phenoxy) is 1. The Balaban J connectivity index is 1.57. The van der Waals surface area contributed by atoms with E-state index in [-0.39, 0.29) is 0 Å². The van der Waals surface area contributed by atoms with Gasteiger partial charge >= 0.3 is 0 Å². The van der Waals surface area contributed by atoms with Gasteiger partial charge in [0.1, 0.15) is 5.75 Å². The van der Waals surface area contributed by atoms with Gasteiger partial charge < -0.3 is 20.3 Å². The number of piperazine rings is 1. The lowest BCUT2D eigenvalue weighted by Gasteiger charge is -2.31. The largest absolute Gasteiger partial charge is 0.493 e. The highest BCUT2D eigenvalue weighted by Crippen LogP contribution is 2.27. The standard InChI is InChI=1S/C15H23N3O/c1-18-7-6-16-14(11-18)10-17-13-4-5-15-12(9-13)3-2-8-19-15/h4-5,9,14,16-17H,2-3,6-8,10-11H2,1H3. The molecule has 0 aromatic heterocycles. The van der Waals surface area contributed by atoms with Crippen molar-refractivity contribution in [3.8, 4) is 5.75 Å². The van der Waals surface area contributed by atoms with E-state index in [0.29, 0.717) is 6.04 Å². The van der Waals surface area contributed by atoms with E-state index >= 15 is 0 Å². The van der Waals surface area contributed by atoms with Crippen molar-refractivity contribution in [2.75, 3.05) is 45.2 Å². The Morgan fingerprint density at radius 2 is 2.42 bits per heavy atom. The van der Waals surface area contributed by atoms with E-state index < -0.39 is 0 Å². The highest BCUT2D eigenvalue weighted by molar-refractivity contribution is 5.51. The first kappa shape index (κ1) is 12.8. The second-order valence-electron chi connectivity index (χ2n) is 5.57. The molecule has 1 fully saturated rings. The van der Waals surface area contributed by atoms with Gasteiger partial charge in [-0.2, -0.15) is 0 Å². The van der Waals surface area contributed by atoms with Gasteiger partial charge in [0, 0.05) is 37.9 Å². The summed E-state index contributed by atoms with van der Waals surface area (Å²) in [7, 11) is 2.18. The lowest BCUT2D eigenvalue weighted by Crippen LogP contribution is -2.51. The van der Waals surface area contributed by atoms with Crippen LogP contribution in [0.4, 0.5) is 5.69 Å². The van der Waals surface area contributed by atoms with Crippen molar-refractivity contribution in [2.24, 2.45) is 0 Å². The predicted octanol–water partition coefficient (Wildman–Crippen LogP) is 1.33. The lowest BCUT2D eigenvalue weighted by molar-refractivity contribution is 0.244. The second kappa shape index (κ2) is 5.80. The smallest absolute Gasteiger partial charge is 0.122 e. The molecule has 2 heterocycles. The maximum Gasteiger partial charge on any atom is 0.122 e. The van der Waals surface area contributed by atoms with Crippen LogP contribution in [0.2, 0.25) is 0 Å². The van der Waals surface area contributed by atoms with Crippen molar-refractivity contribution in [3.63, 3.8) is 0 Å². The number of fused-ring (bicyclic) bond motifs is 1. The van der Waals surface area contributed by atoms with Crippen LogP contribution in [-0.2, 0) is 6.42 Å². The quantitative estimate of drug-likeness (QED) is 0.860. The van der Waals surface area contributed by atoms with E-state index in [2.05, 4.69) is 40.8 Å². The van der Waals surface area contributed by atoms with E-state index in [1.165, 1.54) is 11.3 Å². The molecule has 2 aliphatic rings. The molecule has 19 heavy (non-hydrogen) atoms. The normalized spacial score (nSPS) is 23.5. The van der Waals surface area contributed by atoms with Gasteiger partial charge in [-0.25, -0.2) is 0 Å². The molecule has 0 spiro atoms. The molecule has 3 rings (SSSR count). The van der Waals surface area contributed by atoms with E-state index in [1.807, 2.05) is 0 Å². The average Bonchev–Trinajstić information content (AvgIpc) is 2.45. The van der Waals surface area contributed by atoms with Crippen LogP contribution in [0.1, 0.15) is 12.0 Å². The summed E-state index contributed by atoms with van der Waals surface area (Å²) in [5, 5.41) is 7.09. The molecule has 0 bridgehead atoms. The van der Waals surface area contributed by atoms with E-state index in [9.17, 15) is 0 Å². The highest BCUT2D eigenvalue weighted by atomic mass is 16.5. The first-order valence-corrected chi connectivity index (χ1v) is 7.23. The third-order valence-corrected chi connectivity index (χ3v) is 3.92. The predicted molar refractivity (Wildman–Crippen MR) is 78.0 cm³/mol. The fourth-order valence-corrected chi connectivity index (χ4v) is 2.84. The van der Waals surface area contributed by atoms with Crippen molar-refractivity contribution in [1.29, 1.82) is 0 Å². The third kappa shape index (κ3) is 3.19. The Bertz CT molecular complexity index is 435. The first-order valence-electron chi connectivity index (χ1n) is 7.23. The molecule has 1 saturated heterocycles. The number of nitrogens with one attached hydrogen (secondary N) is 2. The molecule has 0 saturated carbocycles. The fourth-order valence-electron chi connectivity index (χ4n) is 2.84. The molecule has 104 valence electrons. The highest BCUT2D eigenvalue weighted by Gasteiger charge is 2.16. The van der Waals surface area contributed by atoms with Crippen molar-refractivity contribution in [2.45, 2.75) is 18.9 Å². The van der Waals surface area contributed by atoms with Crippen LogP contribution in [0.25, 0.3) is 0 Å². The number of rotatable bonds is 3. The summed E-state index contributed by atoms with van der Waals surface area (Å²) < 4.78 is 5.64. The van der Waals surface area contributed by atoms with Crippen molar-refractivity contribution in [3.05, 3.63) is 23.8 Å². The van der Waals surface area contributed by atoms with Gasteiger partial charge in [-0.3, -0.25) is 0 Å². The molecular formula is C15H23N3O. The van der Waals surface area contributed by atoms with Crippen LogP contribution in [0.5, 0.6) is 5.75 Å². The summed E-state index contributed by atoms with van der Waals surface area (Å²) in [6.07, 6.45) is 2.26. The fraction of sp³-hybridized carbons (Fsp3) is 0.600. The molecule has 2 N–H and O–H groups in total. The maximum absolute atomic E-state index is 5.64. The van der Waals surface area contributed by atoms with Crippen LogP contribution in [0.15, 0.2) is 18.2 Å². The number of anilines is 1. The number of hydrogen-bond donors (Lipinski definition) is 2. The molecule has 1 aromatic carbocycles. The summed E-state index contributed by atoms with van der Waals surface area (Å²) in [6, 6.07) is 6.99. The summed E-state index contributed by atoms with van der Waals surface area (Å²) >= 11 is 0. The molecule has 1 aromatic rings. The zero-order chi connectivity index (χ0) is 13.1. The van der Waals surface area contributed by atoms with Crippen LogP contribution < -0.4 is 15.4 Å². The molecule has 1 unspecified atom stereocenters. The summed E-state index contributed by atoms with van der Waals surface area (Å²) in [6.45, 7) is 5.18. The van der Waals surface area contributed by atoms with Gasteiger partial charge in [0.25, 0.3) is 0 Å². The number of hydrogen-bond acceptors (Lipinski definition) is 4. The Morgan fingerprint density at radius 1 is 1.47 bits per heavy atom. The zero-order valence-corrected chi connectivity index (χ0v) is 11.6. The third-order valence-electron chi connectivity index (χ3n) is 3.92. The monoisotopic (exact) mass is 261 g/mol. The second-order valence-corrected chi connectivity index (χ2v) is 5.57. The minimum atomic E-state index is 0.533. The molecule has 4 heteroatoms. The van der Waals surface area contributed by atoms with Gasteiger partial charge in [0.15, 0.2) is 0 Å². The summed E-state index contributed by atoms with van der Waals surface area (Å²) in [5.74, 6) is 1.06. The average molecular weight is 261 g/mol. The van der Waals surface area contributed by atoms with Gasteiger partial charge in [-0.15, -0.1) is 0 Å². The van der Waals surface area contributed by atoms with Crippen LogP contribution in [0, 0.1) is 0 Å². The van der Waals surface area contributed by atoms with Crippen molar-refractivity contribution >= 4 is 5.69 Å². The number of likely N-dealkylation sites (N-methyl/N-ethyl adjacent to an activating group) is 1. The van der Waals surface area contributed by atoms with Gasteiger partial charge in [0.05, 0.1) is 6.61 Å². The molecule has 0 radical (unpaired) electrons. The van der Waals surface area contributed by atoms with Gasteiger partial charge in [0.2, 0.25) is 0 Å². The van der Waals surface area contributed by atoms with Crippen LogP contribution in [0.3, 0.4) is 0 Å². The van der Waals surface area contributed by atoms with Crippen molar-refractivity contribution in [1.82, 2.24) is 10.2 Å². The Morgan fingerprint density at radius 3 is 3.32 bits per heavy atom. The minimum absolute atomic E-state index is 0.533. The van der Waals surface area contributed by atoms with Crippen molar-refractivity contribution < 1.29 is 4.74 Å². The molecule has 1 atom stereocenters. The summed E-state index contributed by atoms with van der Waals surface area (Å²) in [5.41, 5.74) is 2.55. The molecule has 0 aliphatic carbocycles. The topological polar surface area (TPSA) is 36.5 Å². The number of nitrogens with zero attached hydrogens (tertiary/aromatic N) is 1. The van der Waals surface area contributed by atoms with Gasteiger partial charge in [-0.1, -0.05) is 0 Å². The number of benzene rings is 1. The lowest BCUT2D eigenvalue weighted by atomic mass is 10.1. The Hall–Kier alpha value is -1.26. The number of aryl methyl sites for hydroxylation is 1. The van der Waals surface area contributed by atoms with E-state index in [1.54, 1.807) is 0 Å².